The lowest BCUT2D eigenvalue weighted by Gasteiger charge is -2.07. The SMILES string of the molecule is CC(=O)Nc1ccc(C(=O)COC(=O)c2c(C)nn(Cc3ccccc3)c2C)cc1. The highest BCUT2D eigenvalue weighted by molar-refractivity contribution is 6.00. The Morgan fingerprint density at radius 3 is 2.30 bits per heavy atom. The lowest BCUT2D eigenvalue weighted by atomic mass is 10.1. The van der Waals surface area contributed by atoms with Gasteiger partial charge in [-0.15, -0.1) is 0 Å². The Morgan fingerprint density at radius 2 is 1.67 bits per heavy atom. The van der Waals surface area contributed by atoms with Crippen LogP contribution in [0.2, 0.25) is 0 Å². The molecule has 7 nitrogen and oxygen atoms in total. The predicted molar refractivity (Wildman–Crippen MR) is 113 cm³/mol. The van der Waals surface area contributed by atoms with Crippen LogP contribution in [0.5, 0.6) is 0 Å². The van der Waals surface area contributed by atoms with Gasteiger partial charge >= 0.3 is 5.97 Å². The molecule has 1 aromatic heterocycles. The molecule has 0 atom stereocenters. The molecule has 154 valence electrons. The van der Waals surface area contributed by atoms with Gasteiger partial charge in [0.1, 0.15) is 5.56 Å². The van der Waals surface area contributed by atoms with E-state index in [2.05, 4.69) is 10.4 Å². The third kappa shape index (κ3) is 5.00. The molecule has 30 heavy (non-hydrogen) atoms. The first-order valence-corrected chi connectivity index (χ1v) is 9.51. The molecule has 0 bridgehead atoms. The molecule has 3 rings (SSSR count). The standard InChI is InChI=1S/C23H23N3O4/c1-15-22(16(2)26(25-15)13-18-7-5-4-6-8-18)23(29)30-14-21(28)19-9-11-20(12-10-19)24-17(3)27/h4-12H,13-14H2,1-3H3,(H,24,27). The van der Waals surface area contributed by atoms with Crippen molar-refractivity contribution < 1.29 is 19.1 Å². The Kier molecular flexibility index (Phi) is 6.41. The first-order valence-electron chi connectivity index (χ1n) is 9.51. The van der Waals surface area contributed by atoms with E-state index in [-0.39, 0.29) is 18.3 Å². The second-order valence-electron chi connectivity index (χ2n) is 6.95. The smallest absolute Gasteiger partial charge is 0.342 e. The molecular weight excluding hydrogens is 382 g/mol. The number of hydrogen-bond acceptors (Lipinski definition) is 5. The molecule has 0 aliphatic carbocycles. The number of hydrogen-bond donors (Lipinski definition) is 1. The topological polar surface area (TPSA) is 90.3 Å². The third-order valence-corrected chi connectivity index (χ3v) is 4.62. The number of nitrogens with one attached hydrogen (secondary N) is 1. The molecule has 2 aromatic carbocycles. The molecule has 0 saturated carbocycles. The molecule has 0 fully saturated rings. The minimum absolute atomic E-state index is 0.193. The van der Waals surface area contributed by atoms with Crippen molar-refractivity contribution >= 4 is 23.3 Å². The summed E-state index contributed by atoms with van der Waals surface area (Å²) in [5.74, 6) is -1.10. The van der Waals surface area contributed by atoms with Gasteiger partial charge in [0.15, 0.2) is 12.4 Å². The molecule has 0 radical (unpaired) electrons. The molecule has 0 aliphatic rings. The average molecular weight is 405 g/mol. The fourth-order valence-corrected chi connectivity index (χ4v) is 3.13. The molecule has 1 heterocycles. The minimum atomic E-state index is -0.576. The van der Waals surface area contributed by atoms with Crippen LogP contribution >= 0.6 is 0 Å². The number of aryl methyl sites for hydroxylation is 1. The van der Waals surface area contributed by atoms with Crippen molar-refractivity contribution in [1.82, 2.24) is 9.78 Å². The van der Waals surface area contributed by atoms with Gasteiger partial charge in [0, 0.05) is 18.2 Å². The Hall–Kier alpha value is -3.74. The van der Waals surface area contributed by atoms with Crippen molar-refractivity contribution in [3.8, 4) is 0 Å². The van der Waals surface area contributed by atoms with Crippen molar-refractivity contribution in [2.24, 2.45) is 0 Å². The maximum Gasteiger partial charge on any atom is 0.342 e. The van der Waals surface area contributed by atoms with Crippen molar-refractivity contribution in [3.05, 3.63) is 82.7 Å². The van der Waals surface area contributed by atoms with Crippen LogP contribution in [0.25, 0.3) is 0 Å². The Balaban J connectivity index is 1.64. The quantitative estimate of drug-likeness (QED) is 0.480. The molecule has 0 aliphatic heterocycles. The van der Waals surface area contributed by atoms with Crippen LogP contribution in [-0.2, 0) is 16.1 Å². The fourth-order valence-electron chi connectivity index (χ4n) is 3.13. The van der Waals surface area contributed by atoms with Gasteiger partial charge in [-0.3, -0.25) is 14.3 Å². The van der Waals surface area contributed by atoms with Crippen molar-refractivity contribution in [3.63, 3.8) is 0 Å². The maximum atomic E-state index is 12.6. The van der Waals surface area contributed by atoms with Crippen molar-refractivity contribution in [2.45, 2.75) is 27.3 Å². The van der Waals surface area contributed by atoms with E-state index in [0.29, 0.717) is 34.7 Å². The zero-order valence-corrected chi connectivity index (χ0v) is 17.1. The van der Waals surface area contributed by atoms with E-state index in [9.17, 15) is 14.4 Å². The molecule has 3 aromatic rings. The summed E-state index contributed by atoms with van der Waals surface area (Å²) in [6.45, 7) is 5.13. The van der Waals surface area contributed by atoms with Crippen LogP contribution in [0.4, 0.5) is 5.69 Å². The highest BCUT2D eigenvalue weighted by Crippen LogP contribution is 2.17. The first kappa shape index (κ1) is 21.0. The van der Waals surface area contributed by atoms with Crippen molar-refractivity contribution in [2.75, 3.05) is 11.9 Å². The summed E-state index contributed by atoms with van der Waals surface area (Å²) >= 11 is 0. The molecular formula is C23H23N3O4. The van der Waals surface area contributed by atoms with Gasteiger partial charge in [0.05, 0.1) is 17.9 Å². The van der Waals surface area contributed by atoms with E-state index in [1.807, 2.05) is 37.3 Å². The molecule has 0 saturated heterocycles. The molecule has 0 unspecified atom stereocenters. The number of anilines is 1. The average Bonchev–Trinajstić information content (AvgIpc) is 3.00. The van der Waals surface area contributed by atoms with Gasteiger partial charge in [-0.25, -0.2) is 4.79 Å². The van der Waals surface area contributed by atoms with Gasteiger partial charge in [-0.2, -0.15) is 5.10 Å². The predicted octanol–water partition coefficient (Wildman–Crippen LogP) is 3.55. The fraction of sp³-hybridized carbons (Fsp3) is 0.217. The number of ether oxygens (including phenoxy) is 1. The number of carbonyl (C=O) groups excluding carboxylic acids is 3. The lowest BCUT2D eigenvalue weighted by molar-refractivity contribution is -0.114. The van der Waals surface area contributed by atoms with E-state index in [1.54, 1.807) is 35.9 Å². The van der Waals surface area contributed by atoms with Crippen LogP contribution < -0.4 is 5.32 Å². The third-order valence-electron chi connectivity index (χ3n) is 4.62. The summed E-state index contributed by atoms with van der Waals surface area (Å²) in [5, 5.41) is 7.07. The Bertz CT molecular complexity index is 1070. The number of Topliss-reactive ketones (excluding diaryl/α,β-unsaturated/α-hetero) is 1. The highest BCUT2D eigenvalue weighted by Gasteiger charge is 2.21. The monoisotopic (exact) mass is 405 g/mol. The van der Waals surface area contributed by atoms with E-state index in [1.165, 1.54) is 6.92 Å². The van der Waals surface area contributed by atoms with E-state index in [0.717, 1.165) is 5.56 Å². The number of carbonyl (C=O) groups is 3. The lowest BCUT2D eigenvalue weighted by Crippen LogP contribution is -2.16. The van der Waals surface area contributed by atoms with Gasteiger partial charge in [-0.05, 0) is 43.7 Å². The number of esters is 1. The maximum absolute atomic E-state index is 12.6. The molecule has 7 heteroatoms. The zero-order valence-electron chi connectivity index (χ0n) is 17.1. The van der Waals surface area contributed by atoms with Gasteiger partial charge in [-0.1, -0.05) is 30.3 Å². The molecule has 0 spiro atoms. The second-order valence-corrected chi connectivity index (χ2v) is 6.95. The number of ketones is 1. The first-order chi connectivity index (χ1) is 14.3. The van der Waals surface area contributed by atoms with E-state index < -0.39 is 5.97 Å². The summed E-state index contributed by atoms with van der Waals surface area (Å²) in [6, 6.07) is 16.2. The zero-order chi connectivity index (χ0) is 21.7. The summed E-state index contributed by atoms with van der Waals surface area (Å²) in [5.41, 5.74) is 3.67. The van der Waals surface area contributed by atoms with Crippen LogP contribution in [0, 0.1) is 13.8 Å². The Labute approximate surface area is 174 Å². The van der Waals surface area contributed by atoms with Crippen LogP contribution in [0.1, 0.15) is 44.6 Å². The summed E-state index contributed by atoms with van der Waals surface area (Å²) in [4.78, 5) is 36.0. The van der Waals surface area contributed by atoms with E-state index >= 15 is 0 Å². The van der Waals surface area contributed by atoms with E-state index in [4.69, 9.17) is 4.74 Å². The second kappa shape index (κ2) is 9.17. The van der Waals surface area contributed by atoms with Gasteiger partial charge in [0.2, 0.25) is 5.91 Å². The molecule has 1 amide bonds. The minimum Gasteiger partial charge on any atom is -0.454 e. The van der Waals surface area contributed by atoms with Gasteiger partial charge < -0.3 is 10.1 Å². The normalized spacial score (nSPS) is 10.5. The number of benzene rings is 2. The van der Waals surface area contributed by atoms with Crippen LogP contribution in [0.3, 0.4) is 0 Å². The summed E-state index contributed by atoms with van der Waals surface area (Å²) in [7, 11) is 0. The summed E-state index contributed by atoms with van der Waals surface area (Å²) in [6.07, 6.45) is 0. The summed E-state index contributed by atoms with van der Waals surface area (Å²) < 4.78 is 7.01. The Morgan fingerprint density at radius 1 is 1.00 bits per heavy atom. The van der Waals surface area contributed by atoms with Crippen LogP contribution in [0.15, 0.2) is 54.6 Å². The van der Waals surface area contributed by atoms with Crippen molar-refractivity contribution in [1.29, 1.82) is 0 Å². The molecule has 1 N–H and O–H groups in total. The highest BCUT2D eigenvalue weighted by atomic mass is 16.5. The largest absolute Gasteiger partial charge is 0.454 e. The number of rotatable bonds is 7. The number of nitrogens with zero attached hydrogens (tertiary/aromatic N) is 2. The number of amides is 1. The van der Waals surface area contributed by atoms with Gasteiger partial charge in [0.25, 0.3) is 0 Å². The van der Waals surface area contributed by atoms with Crippen LogP contribution in [-0.4, -0.2) is 34.0 Å². The number of aromatic nitrogens is 2.